The van der Waals surface area contributed by atoms with E-state index in [-0.39, 0.29) is 18.0 Å². The summed E-state index contributed by atoms with van der Waals surface area (Å²) in [5, 5.41) is 3.76. The van der Waals surface area contributed by atoms with Gasteiger partial charge < -0.3 is 14.0 Å². The second-order valence-electron chi connectivity index (χ2n) is 5.43. The summed E-state index contributed by atoms with van der Waals surface area (Å²) < 4.78 is 16.1. The highest BCUT2D eigenvalue weighted by atomic mass is 16.5. The molecule has 1 aromatic heterocycles. The Morgan fingerprint density at radius 1 is 1.41 bits per heavy atom. The van der Waals surface area contributed by atoms with Gasteiger partial charge in [0, 0.05) is 12.5 Å². The number of benzene rings is 1. The lowest BCUT2D eigenvalue weighted by atomic mass is 10.0. The minimum absolute atomic E-state index is 0.188. The minimum atomic E-state index is -0.383. The van der Waals surface area contributed by atoms with Gasteiger partial charge in [0.2, 0.25) is 0 Å². The molecule has 0 unspecified atom stereocenters. The van der Waals surface area contributed by atoms with Crippen LogP contribution in [0.15, 0.2) is 28.8 Å². The molecule has 0 saturated carbocycles. The van der Waals surface area contributed by atoms with Gasteiger partial charge in [0.1, 0.15) is 6.10 Å². The van der Waals surface area contributed by atoms with Crippen molar-refractivity contribution in [2.45, 2.75) is 26.4 Å². The Labute approximate surface area is 128 Å². The van der Waals surface area contributed by atoms with Gasteiger partial charge >= 0.3 is 5.97 Å². The van der Waals surface area contributed by atoms with Gasteiger partial charge in [-0.3, -0.25) is 0 Å². The average molecular weight is 302 g/mol. The first kappa shape index (κ1) is 14.7. The number of carbonyl (C=O) groups is 1. The summed E-state index contributed by atoms with van der Waals surface area (Å²) in [6.45, 7) is 5.00. The predicted octanol–water partition coefficient (Wildman–Crippen LogP) is 2.63. The Hall–Kier alpha value is -2.21. The maximum Gasteiger partial charge on any atom is 0.339 e. The molecule has 116 valence electrons. The molecule has 3 rings (SSSR count). The molecule has 0 radical (unpaired) electrons. The van der Waals surface area contributed by atoms with Gasteiger partial charge in [0.15, 0.2) is 5.82 Å². The highest BCUT2D eigenvalue weighted by molar-refractivity contribution is 5.96. The van der Waals surface area contributed by atoms with Crippen LogP contribution in [0.2, 0.25) is 0 Å². The fourth-order valence-corrected chi connectivity index (χ4v) is 2.51. The van der Waals surface area contributed by atoms with Crippen molar-refractivity contribution in [3.63, 3.8) is 0 Å². The zero-order chi connectivity index (χ0) is 15.5. The van der Waals surface area contributed by atoms with E-state index in [1.54, 1.807) is 25.1 Å². The van der Waals surface area contributed by atoms with Crippen LogP contribution in [-0.4, -0.2) is 35.4 Å². The molecule has 1 aromatic carbocycles. The number of ether oxygens (including phenoxy) is 2. The summed E-state index contributed by atoms with van der Waals surface area (Å²) >= 11 is 0. The number of hydrogen-bond acceptors (Lipinski definition) is 6. The predicted molar refractivity (Wildman–Crippen MR) is 78.3 cm³/mol. The van der Waals surface area contributed by atoms with E-state index in [1.807, 2.05) is 13.0 Å². The molecular formula is C16H18N2O4. The van der Waals surface area contributed by atoms with Crippen molar-refractivity contribution in [1.82, 2.24) is 10.1 Å². The maximum atomic E-state index is 12.5. The fourth-order valence-electron chi connectivity index (χ4n) is 2.51. The molecule has 0 bridgehead atoms. The molecule has 2 aromatic rings. The molecule has 6 heteroatoms. The van der Waals surface area contributed by atoms with Crippen molar-refractivity contribution in [1.29, 1.82) is 0 Å². The standard InChI is InChI=1S/C16H18N2O4/c1-10(12-7-8-20-9-12)21-16(19)14-6-4-3-5-13(14)15-17-11(2)18-22-15/h3-6,10,12H,7-9H2,1-2H3/t10-,12-/m0/s1. The molecule has 0 N–H and O–H groups in total. The second kappa shape index (κ2) is 6.27. The van der Waals surface area contributed by atoms with Crippen molar-refractivity contribution in [2.75, 3.05) is 13.2 Å². The molecule has 0 spiro atoms. The number of carbonyl (C=O) groups excluding carboxylic acids is 1. The van der Waals surface area contributed by atoms with Gasteiger partial charge in [0.05, 0.1) is 17.7 Å². The number of rotatable bonds is 4. The van der Waals surface area contributed by atoms with Gasteiger partial charge in [-0.1, -0.05) is 17.3 Å². The lowest BCUT2D eigenvalue weighted by Gasteiger charge is -2.18. The Morgan fingerprint density at radius 2 is 2.23 bits per heavy atom. The largest absolute Gasteiger partial charge is 0.459 e. The molecule has 2 heterocycles. The molecular weight excluding hydrogens is 284 g/mol. The van der Waals surface area contributed by atoms with Crippen LogP contribution in [0.5, 0.6) is 0 Å². The Morgan fingerprint density at radius 3 is 2.91 bits per heavy atom. The quantitative estimate of drug-likeness (QED) is 0.808. The summed E-state index contributed by atoms with van der Waals surface area (Å²) in [6, 6.07) is 7.08. The van der Waals surface area contributed by atoms with Crippen LogP contribution in [0.3, 0.4) is 0 Å². The van der Waals surface area contributed by atoms with E-state index in [9.17, 15) is 4.79 Å². The van der Waals surface area contributed by atoms with E-state index in [0.29, 0.717) is 29.4 Å². The number of aromatic nitrogens is 2. The number of esters is 1. The summed E-state index contributed by atoms with van der Waals surface area (Å²) in [4.78, 5) is 16.6. The van der Waals surface area contributed by atoms with E-state index in [0.717, 1.165) is 13.0 Å². The third kappa shape index (κ3) is 3.01. The van der Waals surface area contributed by atoms with Gasteiger partial charge in [0.25, 0.3) is 5.89 Å². The molecule has 22 heavy (non-hydrogen) atoms. The van der Waals surface area contributed by atoms with Gasteiger partial charge in [-0.25, -0.2) is 4.79 Å². The van der Waals surface area contributed by atoms with Crippen molar-refractivity contribution in [3.05, 3.63) is 35.7 Å². The van der Waals surface area contributed by atoms with E-state index in [2.05, 4.69) is 10.1 Å². The number of aryl methyl sites for hydroxylation is 1. The number of nitrogens with zero attached hydrogens (tertiary/aromatic N) is 2. The first-order valence-corrected chi connectivity index (χ1v) is 7.33. The fraction of sp³-hybridized carbons (Fsp3) is 0.438. The van der Waals surface area contributed by atoms with Crippen LogP contribution in [0.4, 0.5) is 0 Å². The summed E-state index contributed by atoms with van der Waals surface area (Å²) in [5.74, 6) is 0.712. The Balaban J connectivity index is 1.80. The van der Waals surface area contributed by atoms with Crippen molar-refractivity contribution in [2.24, 2.45) is 5.92 Å². The van der Waals surface area contributed by atoms with Crippen LogP contribution in [0.25, 0.3) is 11.5 Å². The van der Waals surface area contributed by atoms with E-state index in [1.165, 1.54) is 0 Å². The minimum Gasteiger partial charge on any atom is -0.459 e. The molecule has 1 saturated heterocycles. The zero-order valence-corrected chi connectivity index (χ0v) is 12.6. The summed E-state index contributed by atoms with van der Waals surface area (Å²) in [5.41, 5.74) is 1.01. The van der Waals surface area contributed by atoms with Crippen LogP contribution < -0.4 is 0 Å². The van der Waals surface area contributed by atoms with Crippen molar-refractivity contribution >= 4 is 5.97 Å². The molecule has 0 aliphatic carbocycles. The van der Waals surface area contributed by atoms with E-state index < -0.39 is 0 Å². The van der Waals surface area contributed by atoms with Crippen LogP contribution in [0, 0.1) is 12.8 Å². The van der Waals surface area contributed by atoms with Gasteiger partial charge in [-0.15, -0.1) is 0 Å². The van der Waals surface area contributed by atoms with Crippen LogP contribution >= 0.6 is 0 Å². The van der Waals surface area contributed by atoms with Crippen molar-refractivity contribution < 1.29 is 18.8 Å². The normalized spacial score (nSPS) is 19.1. The molecule has 0 amide bonds. The van der Waals surface area contributed by atoms with Gasteiger partial charge in [-0.05, 0) is 32.4 Å². The molecule has 6 nitrogen and oxygen atoms in total. The lowest BCUT2D eigenvalue weighted by Crippen LogP contribution is -2.24. The first-order valence-electron chi connectivity index (χ1n) is 7.33. The monoisotopic (exact) mass is 302 g/mol. The Kier molecular flexibility index (Phi) is 4.20. The number of hydrogen-bond donors (Lipinski definition) is 0. The maximum absolute atomic E-state index is 12.5. The van der Waals surface area contributed by atoms with E-state index in [4.69, 9.17) is 14.0 Å². The van der Waals surface area contributed by atoms with Gasteiger partial charge in [-0.2, -0.15) is 4.98 Å². The van der Waals surface area contributed by atoms with Crippen LogP contribution in [0.1, 0.15) is 29.5 Å². The summed E-state index contributed by atoms with van der Waals surface area (Å²) in [6.07, 6.45) is 0.728. The molecule has 1 fully saturated rings. The highest BCUT2D eigenvalue weighted by Crippen LogP contribution is 2.25. The smallest absolute Gasteiger partial charge is 0.339 e. The second-order valence-corrected chi connectivity index (χ2v) is 5.43. The first-order chi connectivity index (χ1) is 10.6. The molecule has 2 atom stereocenters. The molecule has 1 aliphatic heterocycles. The van der Waals surface area contributed by atoms with E-state index >= 15 is 0 Å². The lowest BCUT2D eigenvalue weighted by molar-refractivity contribution is 0.0180. The summed E-state index contributed by atoms with van der Waals surface area (Å²) in [7, 11) is 0. The Bertz CT molecular complexity index is 662. The topological polar surface area (TPSA) is 74.5 Å². The third-order valence-corrected chi connectivity index (χ3v) is 3.83. The zero-order valence-electron chi connectivity index (χ0n) is 12.6. The third-order valence-electron chi connectivity index (χ3n) is 3.83. The average Bonchev–Trinajstić information content (AvgIpc) is 3.18. The van der Waals surface area contributed by atoms with Crippen molar-refractivity contribution in [3.8, 4) is 11.5 Å². The highest BCUT2D eigenvalue weighted by Gasteiger charge is 2.27. The SMILES string of the molecule is Cc1noc(-c2ccccc2C(=O)O[C@@H](C)[C@H]2CCOC2)n1. The van der Waals surface area contributed by atoms with Crippen LogP contribution in [-0.2, 0) is 9.47 Å². The molecule has 1 aliphatic rings.